The van der Waals surface area contributed by atoms with Gasteiger partial charge in [0, 0.05) is 6.54 Å². The second-order valence-electron chi connectivity index (χ2n) is 2.53. The van der Waals surface area contributed by atoms with Crippen molar-refractivity contribution in [1.82, 2.24) is 10.6 Å². The first-order valence-electron chi connectivity index (χ1n) is 3.91. The van der Waals surface area contributed by atoms with Gasteiger partial charge in [0.25, 0.3) is 0 Å². The predicted molar refractivity (Wildman–Crippen MR) is 48.3 cm³/mol. The van der Waals surface area contributed by atoms with Gasteiger partial charge in [-0.15, -0.1) is 6.58 Å². The normalized spacial score (nSPS) is 11.8. The summed E-state index contributed by atoms with van der Waals surface area (Å²) >= 11 is 0. The van der Waals surface area contributed by atoms with E-state index in [0.717, 1.165) is 0 Å². The number of hydrogen-bond acceptors (Lipinski definition) is 3. The maximum atomic E-state index is 11.1. The Morgan fingerprint density at radius 2 is 2.23 bits per heavy atom. The van der Waals surface area contributed by atoms with Crippen molar-refractivity contribution in [3.63, 3.8) is 0 Å². The molecule has 0 aliphatic rings. The number of hydrogen-bond donors (Lipinski definition) is 3. The van der Waals surface area contributed by atoms with Crippen LogP contribution in [0.3, 0.4) is 0 Å². The van der Waals surface area contributed by atoms with Crippen molar-refractivity contribution in [2.75, 3.05) is 13.1 Å². The predicted octanol–water partition coefficient (Wildman–Crippen LogP) is -0.649. The maximum Gasteiger partial charge on any atom is 0.317 e. The molecule has 3 N–H and O–H groups in total. The molecule has 13 heavy (non-hydrogen) atoms. The van der Waals surface area contributed by atoms with Crippen LogP contribution in [0.25, 0.3) is 0 Å². The molecule has 0 fully saturated rings. The Bertz CT molecular complexity index is 204. The molecule has 0 bridgehead atoms. The van der Waals surface area contributed by atoms with Gasteiger partial charge in [0.05, 0.1) is 12.6 Å². The molecule has 0 aliphatic carbocycles. The molecular formula is C8H14N2O3. The van der Waals surface area contributed by atoms with Crippen LogP contribution in [0.5, 0.6) is 0 Å². The molecule has 5 nitrogen and oxygen atoms in total. The number of aliphatic carboxylic acids is 1. The van der Waals surface area contributed by atoms with Crippen LogP contribution in [-0.2, 0) is 9.59 Å². The minimum atomic E-state index is -0.983. The molecule has 5 heteroatoms. The SMILES string of the molecule is C=CCNC(=O)C(C)NCC(=O)O. The van der Waals surface area contributed by atoms with E-state index < -0.39 is 12.0 Å². The van der Waals surface area contributed by atoms with Crippen LogP contribution < -0.4 is 10.6 Å². The Morgan fingerprint density at radius 1 is 1.62 bits per heavy atom. The van der Waals surface area contributed by atoms with Crippen molar-refractivity contribution < 1.29 is 14.7 Å². The molecule has 0 aliphatic heterocycles. The summed E-state index contributed by atoms with van der Waals surface area (Å²) in [6, 6.07) is -0.504. The fourth-order valence-electron chi connectivity index (χ4n) is 0.659. The Balaban J connectivity index is 3.68. The molecule has 0 heterocycles. The van der Waals surface area contributed by atoms with Crippen LogP contribution in [0.1, 0.15) is 6.92 Å². The summed E-state index contributed by atoms with van der Waals surface area (Å²) in [4.78, 5) is 21.2. The zero-order valence-corrected chi connectivity index (χ0v) is 7.54. The molecule has 0 aromatic rings. The highest BCUT2D eigenvalue weighted by atomic mass is 16.4. The molecule has 0 saturated carbocycles. The average molecular weight is 186 g/mol. The van der Waals surface area contributed by atoms with Crippen molar-refractivity contribution in [2.45, 2.75) is 13.0 Å². The first-order valence-corrected chi connectivity index (χ1v) is 3.91. The van der Waals surface area contributed by atoms with Gasteiger partial charge >= 0.3 is 5.97 Å². The van der Waals surface area contributed by atoms with E-state index in [4.69, 9.17) is 5.11 Å². The highest BCUT2D eigenvalue weighted by Crippen LogP contribution is 1.80. The molecule has 0 rings (SSSR count). The van der Waals surface area contributed by atoms with Crippen molar-refractivity contribution in [3.8, 4) is 0 Å². The topological polar surface area (TPSA) is 78.4 Å². The van der Waals surface area contributed by atoms with E-state index in [1.54, 1.807) is 13.0 Å². The summed E-state index contributed by atoms with van der Waals surface area (Å²) in [7, 11) is 0. The van der Waals surface area contributed by atoms with Crippen LogP contribution >= 0.6 is 0 Å². The Morgan fingerprint density at radius 3 is 2.69 bits per heavy atom. The lowest BCUT2D eigenvalue weighted by Crippen LogP contribution is -2.43. The van der Waals surface area contributed by atoms with Gasteiger partial charge in [0.1, 0.15) is 0 Å². The zero-order valence-electron chi connectivity index (χ0n) is 7.54. The van der Waals surface area contributed by atoms with E-state index >= 15 is 0 Å². The van der Waals surface area contributed by atoms with E-state index in [1.807, 2.05) is 0 Å². The van der Waals surface area contributed by atoms with E-state index in [1.165, 1.54) is 0 Å². The quantitative estimate of drug-likeness (QED) is 0.482. The Kier molecular flexibility index (Phi) is 5.54. The highest BCUT2D eigenvalue weighted by molar-refractivity contribution is 5.82. The van der Waals surface area contributed by atoms with Crippen LogP contribution in [0, 0.1) is 0 Å². The average Bonchev–Trinajstić information content (AvgIpc) is 2.10. The van der Waals surface area contributed by atoms with Crippen molar-refractivity contribution in [1.29, 1.82) is 0 Å². The lowest BCUT2D eigenvalue weighted by molar-refractivity contribution is -0.136. The third-order valence-corrected chi connectivity index (χ3v) is 1.37. The number of carboxylic acids is 1. The van der Waals surface area contributed by atoms with E-state index in [0.29, 0.717) is 6.54 Å². The van der Waals surface area contributed by atoms with E-state index in [9.17, 15) is 9.59 Å². The summed E-state index contributed by atoms with van der Waals surface area (Å²) in [5, 5.41) is 13.4. The molecule has 1 unspecified atom stereocenters. The van der Waals surface area contributed by atoms with E-state index in [-0.39, 0.29) is 12.5 Å². The molecule has 0 spiro atoms. The monoisotopic (exact) mass is 186 g/mol. The van der Waals surface area contributed by atoms with Gasteiger partial charge in [-0.3, -0.25) is 14.9 Å². The molecule has 0 aromatic carbocycles. The lowest BCUT2D eigenvalue weighted by atomic mass is 10.3. The number of rotatable bonds is 6. The second-order valence-corrected chi connectivity index (χ2v) is 2.53. The second kappa shape index (κ2) is 6.19. The zero-order chi connectivity index (χ0) is 10.3. The number of carboxylic acid groups (broad SMARTS) is 1. The molecule has 74 valence electrons. The largest absolute Gasteiger partial charge is 0.480 e. The third-order valence-electron chi connectivity index (χ3n) is 1.37. The van der Waals surface area contributed by atoms with Crippen LogP contribution in [0.15, 0.2) is 12.7 Å². The molecule has 0 aromatic heterocycles. The Hall–Kier alpha value is -1.36. The summed E-state index contributed by atoms with van der Waals surface area (Å²) < 4.78 is 0. The van der Waals surface area contributed by atoms with Crippen molar-refractivity contribution in [2.24, 2.45) is 0 Å². The minimum Gasteiger partial charge on any atom is -0.480 e. The highest BCUT2D eigenvalue weighted by Gasteiger charge is 2.11. The van der Waals surface area contributed by atoms with Gasteiger partial charge in [-0.1, -0.05) is 6.08 Å². The van der Waals surface area contributed by atoms with Gasteiger partial charge in [-0.25, -0.2) is 0 Å². The number of amides is 1. The smallest absolute Gasteiger partial charge is 0.317 e. The van der Waals surface area contributed by atoms with Gasteiger partial charge in [-0.2, -0.15) is 0 Å². The van der Waals surface area contributed by atoms with Crippen LogP contribution in [0.4, 0.5) is 0 Å². The van der Waals surface area contributed by atoms with Crippen molar-refractivity contribution >= 4 is 11.9 Å². The first kappa shape index (κ1) is 11.6. The van der Waals surface area contributed by atoms with E-state index in [2.05, 4.69) is 17.2 Å². The Labute approximate surface area is 76.8 Å². The summed E-state index contributed by atoms with van der Waals surface area (Å²) in [5.74, 6) is -1.22. The summed E-state index contributed by atoms with van der Waals surface area (Å²) in [5.41, 5.74) is 0. The van der Waals surface area contributed by atoms with Gasteiger partial charge in [-0.05, 0) is 6.92 Å². The maximum absolute atomic E-state index is 11.1. The summed E-state index contributed by atoms with van der Waals surface area (Å²) in [6.07, 6.45) is 1.56. The van der Waals surface area contributed by atoms with Crippen LogP contribution in [0.2, 0.25) is 0 Å². The molecule has 1 atom stereocenters. The number of nitrogens with one attached hydrogen (secondary N) is 2. The molecule has 1 amide bonds. The van der Waals surface area contributed by atoms with Crippen LogP contribution in [-0.4, -0.2) is 36.1 Å². The lowest BCUT2D eigenvalue weighted by Gasteiger charge is -2.11. The number of carbonyl (C=O) groups is 2. The summed E-state index contributed by atoms with van der Waals surface area (Å²) in [6.45, 7) is 5.20. The third kappa shape index (κ3) is 5.86. The standard InChI is InChI=1S/C8H14N2O3/c1-3-4-9-8(13)6(2)10-5-7(11)12/h3,6,10H,1,4-5H2,2H3,(H,9,13)(H,11,12). The fraction of sp³-hybridized carbons (Fsp3) is 0.500. The van der Waals surface area contributed by atoms with Gasteiger partial charge in [0.15, 0.2) is 0 Å². The van der Waals surface area contributed by atoms with Gasteiger partial charge < -0.3 is 10.4 Å². The molecular weight excluding hydrogens is 172 g/mol. The minimum absolute atomic E-state index is 0.220. The van der Waals surface area contributed by atoms with Crippen molar-refractivity contribution in [3.05, 3.63) is 12.7 Å². The number of carbonyl (C=O) groups excluding carboxylic acids is 1. The van der Waals surface area contributed by atoms with Gasteiger partial charge in [0.2, 0.25) is 5.91 Å². The fourth-order valence-corrected chi connectivity index (χ4v) is 0.659. The molecule has 0 saturated heterocycles. The first-order chi connectivity index (χ1) is 6.07. The molecule has 0 radical (unpaired) electrons.